The fourth-order valence-electron chi connectivity index (χ4n) is 2.07. The molecule has 26 heavy (non-hydrogen) atoms. The van der Waals surface area contributed by atoms with Crippen LogP contribution in [0.4, 0.5) is 25.8 Å². The quantitative estimate of drug-likeness (QED) is 0.606. The molecule has 0 aliphatic carbocycles. The van der Waals surface area contributed by atoms with Gasteiger partial charge in [-0.1, -0.05) is 6.07 Å². The number of nitro benzene ring substituents is 1. The Morgan fingerprint density at radius 2 is 1.92 bits per heavy atom. The molecule has 138 valence electrons. The van der Waals surface area contributed by atoms with Gasteiger partial charge in [0.2, 0.25) is 15.9 Å². The number of nitrogens with zero attached hydrogens (tertiary/aromatic N) is 2. The van der Waals surface area contributed by atoms with Crippen LogP contribution in [0.15, 0.2) is 42.5 Å². The van der Waals surface area contributed by atoms with Crippen molar-refractivity contribution in [3.63, 3.8) is 0 Å². The third-order valence-electron chi connectivity index (χ3n) is 3.22. The summed E-state index contributed by atoms with van der Waals surface area (Å²) >= 11 is 0. The Balaban J connectivity index is 2.27. The zero-order valence-corrected chi connectivity index (χ0v) is 14.2. The van der Waals surface area contributed by atoms with Crippen LogP contribution in [0.3, 0.4) is 0 Å². The van der Waals surface area contributed by atoms with E-state index in [1.807, 2.05) is 0 Å². The van der Waals surface area contributed by atoms with Crippen LogP contribution in [0, 0.1) is 21.7 Å². The summed E-state index contributed by atoms with van der Waals surface area (Å²) in [5.74, 6) is -2.78. The predicted molar refractivity (Wildman–Crippen MR) is 90.3 cm³/mol. The standard InChI is InChI=1S/C15H13F2N3O5S/c1-26(24,25)19(11-3-2-4-12(8-11)20(22)23)9-15(21)18-14-6-5-10(16)7-13(14)17/h2-8H,9H2,1H3,(H,18,21). The van der Waals surface area contributed by atoms with Gasteiger partial charge < -0.3 is 5.32 Å². The molecule has 0 aromatic heterocycles. The van der Waals surface area contributed by atoms with E-state index in [4.69, 9.17) is 0 Å². The lowest BCUT2D eigenvalue weighted by Crippen LogP contribution is -2.37. The molecule has 0 heterocycles. The number of carbonyl (C=O) groups excluding carboxylic acids is 1. The molecule has 0 aliphatic heterocycles. The molecular formula is C15H13F2N3O5S. The average Bonchev–Trinajstić information content (AvgIpc) is 2.54. The smallest absolute Gasteiger partial charge is 0.271 e. The summed E-state index contributed by atoms with van der Waals surface area (Å²) in [6.45, 7) is -0.753. The first-order valence-corrected chi connectivity index (χ1v) is 8.90. The van der Waals surface area contributed by atoms with Gasteiger partial charge in [0.05, 0.1) is 22.6 Å². The highest BCUT2D eigenvalue weighted by molar-refractivity contribution is 7.92. The second-order valence-corrected chi connectivity index (χ2v) is 7.13. The summed E-state index contributed by atoms with van der Waals surface area (Å²) in [7, 11) is -3.97. The Labute approximate surface area is 147 Å². The van der Waals surface area contributed by atoms with Crippen molar-refractivity contribution < 1.29 is 26.9 Å². The average molecular weight is 385 g/mol. The van der Waals surface area contributed by atoms with E-state index >= 15 is 0 Å². The molecule has 0 saturated heterocycles. The Kier molecular flexibility index (Phi) is 5.50. The maximum atomic E-state index is 13.6. The van der Waals surface area contributed by atoms with Gasteiger partial charge >= 0.3 is 0 Å². The van der Waals surface area contributed by atoms with Gasteiger partial charge in [0, 0.05) is 18.2 Å². The van der Waals surface area contributed by atoms with Crippen LogP contribution in [-0.4, -0.2) is 32.0 Å². The Morgan fingerprint density at radius 1 is 1.23 bits per heavy atom. The van der Waals surface area contributed by atoms with Crippen LogP contribution in [0.25, 0.3) is 0 Å². The van der Waals surface area contributed by atoms with Gasteiger partial charge in [-0.2, -0.15) is 0 Å². The number of hydrogen-bond donors (Lipinski definition) is 1. The third kappa shape index (κ3) is 4.72. The van der Waals surface area contributed by atoms with E-state index in [-0.39, 0.29) is 17.1 Å². The van der Waals surface area contributed by atoms with Gasteiger partial charge in [0.1, 0.15) is 18.2 Å². The second-order valence-electron chi connectivity index (χ2n) is 5.22. The zero-order valence-electron chi connectivity index (χ0n) is 13.3. The Bertz CT molecular complexity index is 966. The van der Waals surface area contributed by atoms with Crippen LogP contribution in [0.5, 0.6) is 0 Å². The van der Waals surface area contributed by atoms with Crippen molar-refractivity contribution in [2.24, 2.45) is 0 Å². The highest BCUT2D eigenvalue weighted by Crippen LogP contribution is 2.23. The minimum absolute atomic E-state index is 0.101. The number of non-ortho nitro benzene ring substituents is 1. The number of sulfonamides is 1. The molecule has 11 heteroatoms. The molecular weight excluding hydrogens is 372 g/mol. The highest BCUT2D eigenvalue weighted by atomic mass is 32.2. The van der Waals surface area contributed by atoms with Crippen LogP contribution < -0.4 is 9.62 Å². The van der Waals surface area contributed by atoms with Crippen LogP contribution in [0.2, 0.25) is 0 Å². The SMILES string of the molecule is CS(=O)(=O)N(CC(=O)Nc1ccc(F)cc1F)c1cccc([N+](=O)[O-])c1. The molecule has 0 fully saturated rings. The molecule has 1 amide bonds. The lowest BCUT2D eigenvalue weighted by molar-refractivity contribution is -0.384. The number of halogens is 2. The van der Waals surface area contributed by atoms with E-state index in [1.54, 1.807) is 0 Å². The van der Waals surface area contributed by atoms with Crippen molar-refractivity contribution in [3.05, 3.63) is 64.2 Å². The number of rotatable bonds is 6. The molecule has 0 radical (unpaired) electrons. The highest BCUT2D eigenvalue weighted by Gasteiger charge is 2.23. The van der Waals surface area contributed by atoms with Crippen molar-refractivity contribution in [2.75, 3.05) is 22.4 Å². The maximum Gasteiger partial charge on any atom is 0.271 e. The van der Waals surface area contributed by atoms with E-state index in [0.29, 0.717) is 10.4 Å². The van der Waals surface area contributed by atoms with Gasteiger partial charge in [-0.05, 0) is 18.2 Å². The summed E-state index contributed by atoms with van der Waals surface area (Å²) in [5.41, 5.74) is -0.790. The largest absolute Gasteiger partial charge is 0.322 e. The number of hydrogen-bond acceptors (Lipinski definition) is 5. The van der Waals surface area contributed by atoms with Crippen LogP contribution in [0.1, 0.15) is 0 Å². The summed E-state index contributed by atoms with van der Waals surface area (Å²) < 4.78 is 51.0. The van der Waals surface area contributed by atoms with Crippen molar-refractivity contribution >= 4 is 33.0 Å². The number of nitrogens with one attached hydrogen (secondary N) is 1. The molecule has 2 aromatic rings. The van der Waals surface area contributed by atoms with Crippen molar-refractivity contribution in [2.45, 2.75) is 0 Å². The molecule has 0 saturated carbocycles. The number of benzene rings is 2. The predicted octanol–water partition coefficient (Wildman–Crippen LogP) is 2.28. The van der Waals surface area contributed by atoms with Crippen LogP contribution in [-0.2, 0) is 14.8 Å². The molecule has 2 aromatic carbocycles. The van der Waals surface area contributed by atoms with Crippen molar-refractivity contribution in [3.8, 4) is 0 Å². The normalized spacial score (nSPS) is 11.0. The number of anilines is 2. The molecule has 0 spiro atoms. The fourth-order valence-corrected chi connectivity index (χ4v) is 2.92. The van der Waals surface area contributed by atoms with Gasteiger partial charge in [-0.25, -0.2) is 17.2 Å². The first-order chi connectivity index (χ1) is 12.1. The van der Waals surface area contributed by atoms with Crippen molar-refractivity contribution in [1.29, 1.82) is 0 Å². The van der Waals surface area contributed by atoms with Gasteiger partial charge in [-0.15, -0.1) is 0 Å². The Morgan fingerprint density at radius 3 is 2.50 bits per heavy atom. The van der Waals surface area contributed by atoms with E-state index < -0.39 is 39.0 Å². The van der Waals surface area contributed by atoms with E-state index in [9.17, 15) is 32.1 Å². The fraction of sp³-hybridized carbons (Fsp3) is 0.133. The monoisotopic (exact) mass is 385 g/mol. The number of amides is 1. The second kappa shape index (κ2) is 7.44. The topological polar surface area (TPSA) is 110 Å². The summed E-state index contributed by atoms with van der Waals surface area (Å²) in [6.07, 6.45) is 0.817. The zero-order chi connectivity index (χ0) is 19.5. The molecule has 0 aliphatic rings. The number of nitro groups is 1. The van der Waals surface area contributed by atoms with Gasteiger partial charge in [0.25, 0.3) is 5.69 Å². The van der Waals surface area contributed by atoms with Crippen molar-refractivity contribution in [1.82, 2.24) is 0 Å². The van der Waals surface area contributed by atoms with E-state index in [2.05, 4.69) is 5.32 Å². The summed E-state index contributed by atoms with van der Waals surface area (Å²) in [6, 6.07) is 7.17. The van der Waals surface area contributed by atoms with Gasteiger partial charge in [0.15, 0.2) is 0 Å². The minimum atomic E-state index is -3.97. The molecule has 8 nitrogen and oxygen atoms in total. The molecule has 1 N–H and O–H groups in total. The molecule has 0 atom stereocenters. The minimum Gasteiger partial charge on any atom is -0.322 e. The first kappa shape index (κ1) is 19.2. The molecule has 0 unspecified atom stereocenters. The van der Waals surface area contributed by atoms with Gasteiger partial charge in [-0.3, -0.25) is 19.2 Å². The summed E-state index contributed by atoms with van der Waals surface area (Å²) in [4.78, 5) is 22.2. The number of carbonyl (C=O) groups is 1. The third-order valence-corrected chi connectivity index (χ3v) is 4.36. The first-order valence-electron chi connectivity index (χ1n) is 7.05. The Hall–Kier alpha value is -3.08. The summed E-state index contributed by atoms with van der Waals surface area (Å²) in [5, 5.41) is 13.0. The van der Waals surface area contributed by atoms with Crippen LogP contribution >= 0.6 is 0 Å². The molecule has 0 bridgehead atoms. The lowest BCUT2D eigenvalue weighted by Gasteiger charge is -2.21. The van der Waals surface area contributed by atoms with E-state index in [0.717, 1.165) is 30.5 Å². The maximum absolute atomic E-state index is 13.6. The lowest BCUT2D eigenvalue weighted by atomic mass is 10.2. The van der Waals surface area contributed by atoms with E-state index in [1.165, 1.54) is 12.1 Å². The molecule has 2 rings (SSSR count).